The number of hydrogen-bond donors (Lipinski definition) is 1. The van der Waals surface area contributed by atoms with Crippen molar-refractivity contribution in [3.05, 3.63) is 0 Å². The molecule has 1 nitrogen and oxygen atoms in total. The minimum atomic E-state index is -5.58. The van der Waals surface area contributed by atoms with Gasteiger partial charge in [-0.15, -0.1) is 0 Å². The molecule has 0 fully saturated rings. The topological polar surface area (TPSA) is 20.2 Å². The van der Waals surface area contributed by atoms with Gasteiger partial charge >= 0.3 is 12.1 Å². The van der Waals surface area contributed by atoms with Crippen LogP contribution >= 0.6 is 0 Å². The fourth-order valence-electron chi connectivity index (χ4n) is 1.07. The smallest absolute Gasteiger partial charge is 0.396 e. The lowest BCUT2D eigenvalue weighted by Crippen LogP contribution is -2.45. The molecule has 0 aromatic heterocycles. The number of aliphatic hydroxyl groups is 1. The van der Waals surface area contributed by atoms with E-state index in [1.165, 1.54) is 0 Å². The molecule has 1 N–H and O–H groups in total. The van der Waals surface area contributed by atoms with Crippen molar-refractivity contribution in [1.29, 1.82) is 0 Å². The lowest BCUT2D eigenvalue weighted by molar-refractivity contribution is -0.306. The third-order valence-electron chi connectivity index (χ3n) is 2.02. The molecule has 0 aliphatic heterocycles. The summed E-state index contributed by atoms with van der Waals surface area (Å²) in [6, 6.07) is 0. The number of aliphatic hydroxyl groups excluding tert-OH is 1. The maximum Gasteiger partial charge on any atom is 0.453 e. The van der Waals surface area contributed by atoms with Crippen molar-refractivity contribution in [1.82, 2.24) is 0 Å². The quantitative estimate of drug-likeness (QED) is 0.706. The van der Waals surface area contributed by atoms with Crippen LogP contribution in [0.3, 0.4) is 0 Å². The first kappa shape index (κ1) is 13.6. The molecule has 0 aliphatic carbocycles. The van der Waals surface area contributed by atoms with Gasteiger partial charge in [-0.05, 0) is 6.42 Å². The average molecular weight is 220 g/mol. The number of unbranched alkanes of at least 4 members (excludes halogenated alkanes) is 1. The van der Waals surface area contributed by atoms with Crippen LogP contribution in [0.4, 0.5) is 22.0 Å². The van der Waals surface area contributed by atoms with Gasteiger partial charge in [0.2, 0.25) is 0 Å². The zero-order valence-corrected chi connectivity index (χ0v) is 7.74. The van der Waals surface area contributed by atoms with E-state index < -0.39 is 24.6 Å². The van der Waals surface area contributed by atoms with Crippen molar-refractivity contribution in [3.63, 3.8) is 0 Å². The van der Waals surface area contributed by atoms with E-state index in [1.807, 2.05) is 0 Å². The molecule has 0 amide bonds. The Balaban J connectivity index is 4.49. The summed E-state index contributed by atoms with van der Waals surface area (Å²) in [7, 11) is 0. The standard InChI is InChI=1S/C8H13F5O/c1-2-3-4-6(5-14)7(9,10)8(11,12)13/h6,14H,2-5H2,1H3. The van der Waals surface area contributed by atoms with Crippen LogP contribution in [-0.2, 0) is 0 Å². The molecule has 0 aromatic rings. The summed E-state index contributed by atoms with van der Waals surface area (Å²) < 4.78 is 60.8. The molecule has 86 valence electrons. The van der Waals surface area contributed by atoms with Crippen molar-refractivity contribution in [2.24, 2.45) is 5.92 Å². The van der Waals surface area contributed by atoms with Gasteiger partial charge in [0, 0.05) is 0 Å². The van der Waals surface area contributed by atoms with E-state index in [1.54, 1.807) is 6.92 Å². The van der Waals surface area contributed by atoms with Crippen LogP contribution in [-0.4, -0.2) is 23.8 Å². The van der Waals surface area contributed by atoms with Gasteiger partial charge in [0.1, 0.15) is 0 Å². The molecule has 0 rings (SSSR count). The molecule has 0 radical (unpaired) electrons. The summed E-state index contributed by atoms with van der Waals surface area (Å²) in [5, 5.41) is 8.47. The van der Waals surface area contributed by atoms with E-state index in [-0.39, 0.29) is 12.8 Å². The molecule has 1 atom stereocenters. The second-order valence-electron chi connectivity index (χ2n) is 3.14. The predicted octanol–water partition coefficient (Wildman–Crippen LogP) is 2.98. The van der Waals surface area contributed by atoms with Gasteiger partial charge in [-0.3, -0.25) is 0 Å². The molecular formula is C8H13F5O. The van der Waals surface area contributed by atoms with Crippen LogP contribution in [0.5, 0.6) is 0 Å². The zero-order chi connectivity index (χ0) is 11.4. The second kappa shape index (κ2) is 4.91. The Morgan fingerprint density at radius 3 is 1.93 bits per heavy atom. The third-order valence-corrected chi connectivity index (χ3v) is 2.02. The molecule has 0 saturated heterocycles. The summed E-state index contributed by atoms with van der Waals surface area (Å²) in [5.74, 6) is -6.82. The highest BCUT2D eigenvalue weighted by molar-refractivity contribution is 4.83. The molecule has 0 bridgehead atoms. The van der Waals surface area contributed by atoms with Crippen molar-refractivity contribution in [3.8, 4) is 0 Å². The van der Waals surface area contributed by atoms with Gasteiger partial charge < -0.3 is 5.11 Å². The predicted molar refractivity (Wildman–Crippen MR) is 41.1 cm³/mol. The molecule has 0 aromatic carbocycles. The largest absolute Gasteiger partial charge is 0.453 e. The first-order valence-electron chi connectivity index (χ1n) is 4.32. The summed E-state index contributed by atoms with van der Waals surface area (Å²) in [4.78, 5) is 0. The highest BCUT2D eigenvalue weighted by Crippen LogP contribution is 2.42. The summed E-state index contributed by atoms with van der Waals surface area (Å²) in [6.07, 6.45) is -5.13. The van der Waals surface area contributed by atoms with Crippen molar-refractivity contribution < 1.29 is 27.1 Å². The highest BCUT2D eigenvalue weighted by atomic mass is 19.4. The Hall–Kier alpha value is -0.390. The average Bonchev–Trinajstić information content (AvgIpc) is 2.03. The highest BCUT2D eigenvalue weighted by Gasteiger charge is 2.61. The maximum absolute atomic E-state index is 12.6. The molecule has 0 aliphatic rings. The van der Waals surface area contributed by atoms with Gasteiger partial charge in [-0.1, -0.05) is 19.8 Å². The third kappa shape index (κ3) is 3.08. The molecule has 0 saturated carbocycles. The van der Waals surface area contributed by atoms with E-state index in [0.29, 0.717) is 6.42 Å². The van der Waals surface area contributed by atoms with E-state index >= 15 is 0 Å². The maximum atomic E-state index is 12.6. The lowest BCUT2D eigenvalue weighted by atomic mass is 9.95. The summed E-state index contributed by atoms with van der Waals surface area (Å²) in [6.45, 7) is 0.534. The van der Waals surface area contributed by atoms with Crippen LogP contribution in [0.25, 0.3) is 0 Å². The number of alkyl halides is 5. The van der Waals surface area contributed by atoms with Crippen molar-refractivity contribution >= 4 is 0 Å². The van der Waals surface area contributed by atoms with Gasteiger partial charge in [0.05, 0.1) is 12.5 Å². The minimum absolute atomic E-state index is 0.247. The van der Waals surface area contributed by atoms with Gasteiger partial charge in [0.15, 0.2) is 0 Å². The number of rotatable bonds is 5. The molecule has 0 heterocycles. The van der Waals surface area contributed by atoms with Gasteiger partial charge in [-0.25, -0.2) is 0 Å². The van der Waals surface area contributed by atoms with Crippen LogP contribution in [0, 0.1) is 5.92 Å². The zero-order valence-electron chi connectivity index (χ0n) is 7.74. The number of hydrogen-bond acceptors (Lipinski definition) is 1. The molecule has 1 unspecified atom stereocenters. The number of halogens is 5. The Kier molecular flexibility index (Phi) is 4.77. The Labute approximate surface area is 78.9 Å². The minimum Gasteiger partial charge on any atom is -0.396 e. The van der Waals surface area contributed by atoms with E-state index in [2.05, 4.69) is 0 Å². The van der Waals surface area contributed by atoms with Crippen molar-refractivity contribution in [2.75, 3.05) is 6.61 Å². The van der Waals surface area contributed by atoms with Gasteiger partial charge in [-0.2, -0.15) is 22.0 Å². The fraction of sp³-hybridized carbons (Fsp3) is 1.00. The Bertz CT molecular complexity index is 166. The normalized spacial score (nSPS) is 15.6. The lowest BCUT2D eigenvalue weighted by Gasteiger charge is -2.27. The van der Waals surface area contributed by atoms with Crippen LogP contribution in [0.1, 0.15) is 26.2 Å². The monoisotopic (exact) mass is 220 g/mol. The Morgan fingerprint density at radius 2 is 1.64 bits per heavy atom. The van der Waals surface area contributed by atoms with Gasteiger partial charge in [0.25, 0.3) is 0 Å². The van der Waals surface area contributed by atoms with E-state index in [0.717, 1.165) is 0 Å². The van der Waals surface area contributed by atoms with Crippen LogP contribution < -0.4 is 0 Å². The molecule has 6 heteroatoms. The first-order valence-corrected chi connectivity index (χ1v) is 4.32. The fourth-order valence-corrected chi connectivity index (χ4v) is 1.07. The van der Waals surface area contributed by atoms with E-state index in [4.69, 9.17) is 5.11 Å². The SMILES string of the molecule is CCCCC(CO)C(F)(F)C(F)(F)F. The summed E-state index contributed by atoms with van der Waals surface area (Å²) in [5.41, 5.74) is 0. The molecule has 0 spiro atoms. The van der Waals surface area contributed by atoms with Crippen LogP contribution in [0.15, 0.2) is 0 Å². The van der Waals surface area contributed by atoms with Crippen LogP contribution in [0.2, 0.25) is 0 Å². The second-order valence-corrected chi connectivity index (χ2v) is 3.14. The Morgan fingerprint density at radius 1 is 1.14 bits per heavy atom. The van der Waals surface area contributed by atoms with Crippen molar-refractivity contribution in [2.45, 2.75) is 38.3 Å². The molecule has 14 heavy (non-hydrogen) atoms. The summed E-state index contributed by atoms with van der Waals surface area (Å²) >= 11 is 0. The molecular weight excluding hydrogens is 207 g/mol. The first-order chi connectivity index (χ1) is 6.27. The van der Waals surface area contributed by atoms with E-state index in [9.17, 15) is 22.0 Å².